The molecular formula is C18H16F3N5O2. The molecule has 2 aromatic rings. The van der Waals surface area contributed by atoms with Crippen LogP contribution in [0.4, 0.5) is 24.7 Å². The number of rotatable bonds is 4. The highest BCUT2D eigenvalue weighted by Gasteiger charge is 2.36. The average Bonchev–Trinajstić information content (AvgIpc) is 3.05. The summed E-state index contributed by atoms with van der Waals surface area (Å²) in [5, 5.41) is 7.06. The van der Waals surface area contributed by atoms with Gasteiger partial charge in [0.25, 0.3) is 11.9 Å². The summed E-state index contributed by atoms with van der Waals surface area (Å²) in [6.45, 7) is 7.29. The predicted octanol–water partition coefficient (Wildman–Crippen LogP) is 3.33. The zero-order chi connectivity index (χ0) is 20.5. The summed E-state index contributed by atoms with van der Waals surface area (Å²) < 4.78 is 39.5. The van der Waals surface area contributed by atoms with Gasteiger partial charge in [-0.05, 0) is 30.7 Å². The number of amides is 1. The van der Waals surface area contributed by atoms with E-state index in [9.17, 15) is 22.8 Å². The standard InChI is InChI=1S/C18H16F3N5O2/c1-23-14-8-12(27)6-7-15(14)26-9-13(16(22)28)17(25-26)24-11-4-2-10(3-5-11)18(19,20)21/h2-5,9,14-15H,6-8H2,(H2,22,28)(H,24,25)/t14-,15-/m0/s1. The average molecular weight is 391 g/mol. The third-order valence-corrected chi connectivity index (χ3v) is 4.58. The number of halogens is 3. The van der Waals surface area contributed by atoms with E-state index in [4.69, 9.17) is 12.3 Å². The predicted molar refractivity (Wildman–Crippen MR) is 93.8 cm³/mol. The van der Waals surface area contributed by atoms with Gasteiger partial charge in [-0.3, -0.25) is 14.3 Å². The van der Waals surface area contributed by atoms with Crippen molar-refractivity contribution in [3.63, 3.8) is 0 Å². The molecule has 0 radical (unpaired) electrons. The van der Waals surface area contributed by atoms with Gasteiger partial charge in [0.2, 0.25) is 0 Å². The first-order valence-corrected chi connectivity index (χ1v) is 8.40. The van der Waals surface area contributed by atoms with Crippen molar-refractivity contribution in [3.05, 3.63) is 53.0 Å². The lowest BCUT2D eigenvalue weighted by Crippen LogP contribution is -2.30. The van der Waals surface area contributed by atoms with Crippen LogP contribution in [0.3, 0.4) is 0 Å². The minimum atomic E-state index is -4.45. The second kappa shape index (κ2) is 7.34. The number of anilines is 2. The summed E-state index contributed by atoms with van der Waals surface area (Å²) >= 11 is 0. The zero-order valence-corrected chi connectivity index (χ0v) is 14.5. The Balaban J connectivity index is 1.88. The number of alkyl halides is 3. The zero-order valence-electron chi connectivity index (χ0n) is 14.5. The Hall–Kier alpha value is -3.35. The third kappa shape index (κ3) is 3.98. The van der Waals surface area contributed by atoms with E-state index in [1.807, 2.05) is 0 Å². The molecule has 0 spiro atoms. The molecule has 1 heterocycles. The van der Waals surface area contributed by atoms with Gasteiger partial charge in [-0.25, -0.2) is 6.57 Å². The number of carbonyl (C=O) groups excluding carboxylic acids is 2. The van der Waals surface area contributed by atoms with Gasteiger partial charge in [-0.2, -0.15) is 18.3 Å². The number of nitrogens with zero attached hydrogens (tertiary/aromatic N) is 3. The van der Waals surface area contributed by atoms with Gasteiger partial charge >= 0.3 is 6.18 Å². The maximum Gasteiger partial charge on any atom is 0.416 e. The molecule has 1 aliphatic carbocycles. The molecule has 10 heteroatoms. The van der Waals surface area contributed by atoms with Crippen LogP contribution in [0.2, 0.25) is 0 Å². The molecule has 146 valence electrons. The fraction of sp³-hybridized carbons (Fsp3) is 0.333. The van der Waals surface area contributed by atoms with E-state index in [1.165, 1.54) is 23.0 Å². The number of nitrogens with one attached hydrogen (secondary N) is 1. The Morgan fingerprint density at radius 2 is 2.00 bits per heavy atom. The maximum absolute atomic E-state index is 12.7. The fourth-order valence-electron chi connectivity index (χ4n) is 3.13. The first kappa shape index (κ1) is 19.4. The van der Waals surface area contributed by atoms with E-state index < -0.39 is 29.7 Å². The molecule has 0 unspecified atom stereocenters. The Bertz CT molecular complexity index is 944. The van der Waals surface area contributed by atoms with Gasteiger partial charge in [-0.15, -0.1) is 0 Å². The molecule has 3 N–H and O–H groups in total. The van der Waals surface area contributed by atoms with Gasteiger partial charge in [0, 0.05) is 18.3 Å². The number of benzene rings is 1. The van der Waals surface area contributed by atoms with Gasteiger partial charge in [0.15, 0.2) is 5.82 Å². The number of ketones is 1. The van der Waals surface area contributed by atoms with Crippen molar-refractivity contribution >= 4 is 23.2 Å². The molecule has 1 amide bonds. The van der Waals surface area contributed by atoms with Crippen LogP contribution < -0.4 is 11.1 Å². The lowest BCUT2D eigenvalue weighted by atomic mass is 9.90. The minimum Gasteiger partial charge on any atom is -0.365 e. The van der Waals surface area contributed by atoms with Crippen LogP contribution in [0.25, 0.3) is 4.85 Å². The summed E-state index contributed by atoms with van der Waals surface area (Å²) in [5.41, 5.74) is 4.92. The molecular weight excluding hydrogens is 375 g/mol. The maximum atomic E-state index is 12.7. The summed E-state index contributed by atoms with van der Waals surface area (Å²) in [5.74, 6) is -0.692. The molecule has 3 rings (SSSR count). The number of hydrogen-bond acceptors (Lipinski definition) is 4. The number of nitrogens with two attached hydrogens (primary N) is 1. The van der Waals surface area contributed by atoms with E-state index in [-0.39, 0.29) is 23.6 Å². The smallest absolute Gasteiger partial charge is 0.365 e. The van der Waals surface area contributed by atoms with Crippen molar-refractivity contribution in [1.82, 2.24) is 9.78 Å². The summed E-state index contributed by atoms with van der Waals surface area (Å²) in [6.07, 6.45) is -2.23. The number of aromatic nitrogens is 2. The van der Waals surface area contributed by atoms with Crippen LogP contribution >= 0.6 is 0 Å². The van der Waals surface area contributed by atoms with Crippen molar-refractivity contribution in [2.75, 3.05) is 5.32 Å². The second-order valence-electron chi connectivity index (χ2n) is 6.48. The molecule has 1 fully saturated rings. The molecule has 1 aromatic carbocycles. The van der Waals surface area contributed by atoms with Crippen molar-refractivity contribution in [1.29, 1.82) is 0 Å². The lowest BCUT2D eigenvalue weighted by Gasteiger charge is -2.22. The van der Waals surface area contributed by atoms with Crippen LogP contribution in [-0.4, -0.2) is 27.5 Å². The molecule has 7 nitrogen and oxygen atoms in total. The van der Waals surface area contributed by atoms with E-state index >= 15 is 0 Å². The van der Waals surface area contributed by atoms with Gasteiger partial charge in [0.05, 0.1) is 12.0 Å². The molecule has 1 aliphatic rings. The van der Waals surface area contributed by atoms with Crippen LogP contribution in [0.15, 0.2) is 30.5 Å². The van der Waals surface area contributed by atoms with Gasteiger partial charge in [0.1, 0.15) is 17.4 Å². The van der Waals surface area contributed by atoms with Crippen LogP contribution in [0, 0.1) is 6.57 Å². The van der Waals surface area contributed by atoms with Gasteiger partial charge < -0.3 is 15.9 Å². The van der Waals surface area contributed by atoms with Crippen LogP contribution in [0.5, 0.6) is 0 Å². The normalized spacial score (nSPS) is 19.9. The summed E-state index contributed by atoms with van der Waals surface area (Å²) in [6, 6.07) is 3.26. The molecule has 1 aromatic heterocycles. The Kier molecular flexibility index (Phi) is 5.09. The Morgan fingerprint density at radius 3 is 2.57 bits per heavy atom. The van der Waals surface area contributed by atoms with E-state index in [0.717, 1.165) is 12.1 Å². The SMILES string of the molecule is [C-]#[N+][C@H]1CC(=O)CC[C@@H]1n1cc(C(N)=O)c(Nc2ccc(C(F)(F)F)cc2)n1. The third-order valence-electron chi connectivity index (χ3n) is 4.58. The highest BCUT2D eigenvalue weighted by molar-refractivity contribution is 5.98. The first-order chi connectivity index (χ1) is 13.2. The van der Waals surface area contributed by atoms with Crippen LogP contribution in [0.1, 0.15) is 41.2 Å². The van der Waals surface area contributed by atoms with Gasteiger partial charge in [-0.1, -0.05) is 0 Å². The van der Waals surface area contributed by atoms with Crippen LogP contribution in [-0.2, 0) is 11.0 Å². The van der Waals surface area contributed by atoms with E-state index in [2.05, 4.69) is 15.3 Å². The molecule has 0 bridgehead atoms. The topological polar surface area (TPSA) is 94.4 Å². The monoisotopic (exact) mass is 391 g/mol. The quantitative estimate of drug-likeness (QED) is 0.782. The Morgan fingerprint density at radius 1 is 1.32 bits per heavy atom. The number of carbonyl (C=O) groups is 2. The molecule has 28 heavy (non-hydrogen) atoms. The van der Waals surface area contributed by atoms with Crippen molar-refractivity contribution < 1.29 is 22.8 Å². The molecule has 2 atom stereocenters. The van der Waals surface area contributed by atoms with Crippen molar-refractivity contribution in [2.45, 2.75) is 37.5 Å². The molecule has 0 saturated heterocycles. The van der Waals surface area contributed by atoms with E-state index in [0.29, 0.717) is 18.5 Å². The summed E-state index contributed by atoms with van der Waals surface area (Å²) in [4.78, 5) is 26.8. The minimum absolute atomic E-state index is 0.00244. The Labute approximate surface area is 158 Å². The highest BCUT2D eigenvalue weighted by Crippen LogP contribution is 2.32. The second-order valence-corrected chi connectivity index (χ2v) is 6.48. The fourth-order valence-corrected chi connectivity index (χ4v) is 3.13. The number of hydrogen-bond donors (Lipinski definition) is 2. The summed E-state index contributed by atoms with van der Waals surface area (Å²) in [7, 11) is 0. The first-order valence-electron chi connectivity index (χ1n) is 8.40. The lowest BCUT2D eigenvalue weighted by molar-refractivity contribution is -0.137. The van der Waals surface area contributed by atoms with Crippen molar-refractivity contribution in [3.8, 4) is 0 Å². The molecule has 0 aliphatic heterocycles. The van der Waals surface area contributed by atoms with Crippen molar-refractivity contribution in [2.24, 2.45) is 5.73 Å². The molecule has 1 saturated carbocycles. The largest absolute Gasteiger partial charge is 0.416 e. The highest BCUT2D eigenvalue weighted by atomic mass is 19.4. The number of Topliss-reactive ketones (excluding diaryl/α,β-unsaturated/α-hetero) is 1. The number of primary amides is 1. The van der Waals surface area contributed by atoms with E-state index in [1.54, 1.807) is 0 Å².